The maximum atomic E-state index is 11.7. The number of carbonyl (C=O) groups is 1. The van der Waals surface area contributed by atoms with Gasteiger partial charge in [0.25, 0.3) is 0 Å². The molecular formula is C14H19NO3. The number of phenols is 1. The highest BCUT2D eigenvalue weighted by atomic mass is 16.5. The number of carbonyl (C=O) groups excluding carboxylic acids is 1. The molecule has 4 heteroatoms. The van der Waals surface area contributed by atoms with E-state index in [2.05, 4.69) is 4.90 Å². The predicted molar refractivity (Wildman–Crippen MR) is 68.2 cm³/mol. The summed E-state index contributed by atoms with van der Waals surface area (Å²) < 4.78 is 4.86. The lowest BCUT2D eigenvalue weighted by atomic mass is 10.0. The van der Waals surface area contributed by atoms with Crippen LogP contribution >= 0.6 is 0 Å². The summed E-state index contributed by atoms with van der Waals surface area (Å²) in [6.07, 6.45) is 3.06. The topological polar surface area (TPSA) is 49.8 Å². The van der Waals surface area contributed by atoms with Gasteiger partial charge in [0.05, 0.1) is 7.11 Å². The van der Waals surface area contributed by atoms with Crippen LogP contribution in [-0.4, -0.2) is 35.7 Å². The Bertz CT molecular complexity index is 402. The fourth-order valence-corrected chi connectivity index (χ4v) is 2.42. The summed E-state index contributed by atoms with van der Waals surface area (Å²) in [7, 11) is 1.44. The van der Waals surface area contributed by atoms with Crippen LogP contribution in [0.5, 0.6) is 5.75 Å². The Labute approximate surface area is 107 Å². The largest absolute Gasteiger partial charge is 0.508 e. The van der Waals surface area contributed by atoms with Crippen molar-refractivity contribution >= 4 is 5.97 Å². The lowest BCUT2D eigenvalue weighted by Crippen LogP contribution is -2.44. The molecule has 1 heterocycles. The molecule has 1 aromatic rings. The molecule has 1 N–H and O–H groups in total. The molecule has 1 aliphatic rings. The second-order valence-electron chi connectivity index (χ2n) is 4.67. The number of rotatable bonds is 3. The Kier molecular flexibility index (Phi) is 4.20. The molecule has 0 unspecified atom stereocenters. The number of methoxy groups -OCH3 is 1. The minimum atomic E-state index is -0.145. The van der Waals surface area contributed by atoms with Gasteiger partial charge in [0.15, 0.2) is 0 Å². The van der Waals surface area contributed by atoms with Crippen molar-refractivity contribution < 1.29 is 14.6 Å². The van der Waals surface area contributed by atoms with E-state index in [9.17, 15) is 9.90 Å². The molecule has 0 aliphatic carbocycles. The number of likely N-dealkylation sites (tertiary alicyclic amines) is 1. The van der Waals surface area contributed by atoms with Crippen molar-refractivity contribution in [3.8, 4) is 5.75 Å². The Morgan fingerprint density at radius 1 is 1.39 bits per heavy atom. The number of piperidine rings is 1. The van der Waals surface area contributed by atoms with Crippen LogP contribution in [0.2, 0.25) is 0 Å². The summed E-state index contributed by atoms with van der Waals surface area (Å²) in [5, 5.41) is 9.25. The first-order valence-corrected chi connectivity index (χ1v) is 6.30. The third kappa shape index (κ3) is 3.01. The number of phenolic OH excluding ortho intramolecular Hbond substituents is 1. The van der Waals surface area contributed by atoms with E-state index in [1.54, 1.807) is 12.1 Å². The van der Waals surface area contributed by atoms with Crippen molar-refractivity contribution in [3.05, 3.63) is 29.8 Å². The van der Waals surface area contributed by atoms with Crippen molar-refractivity contribution in [2.75, 3.05) is 13.7 Å². The van der Waals surface area contributed by atoms with Crippen LogP contribution in [0.1, 0.15) is 24.8 Å². The first kappa shape index (κ1) is 12.9. The number of esters is 1. The average Bonchev–Trinajstić information content (AvgIpc) is 2.41. The average molecular weight is 249 g/mol. The highest BCUT2D eigenvalue weighted by Crippen LogP contribution is 2.21. The van der Waals surface area contributed by atoms with Gasteiger partial charge in [-0.05, 0) is 37.1 Å². The lowest BCUT2D eigenvalue weighted by Gasteiger charge is -2.33. The van der Waals surface area contributed by atoms with Gasteiger partial charge in [0, 0.05) is 6.54 Å². The number of benzene rings is 1. The van der Waals surface area contributed by atoms with Gasteiger partial charge in [-0.2, -0.15) is 0 Å². The van der Waals surface area contributed by atoms with Crippen molar-refractivity contribution in [1.29, 1.82) is 0 Å². The van der Waals surface area contributed by atoms with Crippen LogP contribution in [0.15, 0.2) is 24.3 Å². The molecule has 1 saturated heterocycles. The Morgan fingerprint density at radius 3 is 2.78 bits per heavy atom. The van der Waals surface area contributed by atoms with Gasteiger partial charge in [0.2, 0.25) is 0 Å². The van der Waals surface area contributed by atoms with Gasteiger partial charge in [-0.3, -0.25) is 9.69 Å². The van der Waals surface area contributed by atoms with E-state index in [1.807, 2.05) is 12.1 Å². The summed E-state index contributed by atoms with van der Waals surface area (Å²) in [5.41, 5.74) is 1.10. The number of hydrogen-bond acceptors (Lipinski definition) is 4. The fourth-order valence-electron chi connectivity index (χ4n) is 2.42. The standard InChI is InChI=1S/C14H19NO3/c1-18-14(17)13-4-2-3-9-15(13)10-11-5-7-12(16)8-6-11/h5-8,13,16H,2-4,9-10H2,1H3/t13-/m1/s1. The Hall–Kier alpha value is -1.55. The number of nitrogens with zero attached hydrogens (tertiary/aromatic N) is 1. The van der Waals surface area contributed by atoms with Crippen molar-refractivity contribution in [1.82, 2.24) is 4.90 Å². The second-order valence-corrected chi connectivity index (χ2v) is 4.67. The monoisotopic (exact) mass is 249 g/mol. The van der Waals surface area contributed by atoms with Gasteiger partial charge in [0.1, 0.15) is 11.8 Å². The molecule has 1 aliphatic heterocycles. The number of aromatic hydroxyl groups is 1. The number of hydrogen-bond donors (Lipinski definition) is 1. The van der Waals surface area contributed by atoms with E-state index in [0.717, 1.165) is 37.9 Å². The molecule has 0 aromatic heterocycles. The summed E-state index contributed by atoms with van der Waals surface area (Å²) in [6.45, 7) is 1.64. The zero-order chi connectivity index (χ0) is 13.0. The van der Waals surface area contributed by atoms with Gasteiger partial charge in [-0.1, -0.05) is 18.6 Å². The van der Waals surface area contributed by atoms with Gasteiger partial charge in [-0.25, -0.2) is 0 Å². The summed E-state index contributed by atoms with van der Waals surface area (Å²) in [4.78, 5) is 13.9. The van der Waals surface area contributed by atoms with Crippen molar-refractivity contribution in [2.45, 2.75) is 31.8 Å². The van der Waals surface area contributed by atoms with E-state index >= 15 is 0 Å². The van der Waals surface area contributed by atoms with Crippen LogP contribution in [0.3, 0.4) is 0 Å². The summed E-state index contributed by atoms with van der Waals surface area (Å²) in [5.74, 6) is 0.121. The van der Waals surface area contributed by atoms with E-state index in [4.69, 9.17) is 4.74 Å². The van der Waals surface area contributed by atoms with Crippen LogP contribution in [0, 0.1) is 0 Å². The molecule has 1 fully saturated rings. The maximum absolute atomic E-state index is 11.7. The highest BCUT2D eigenvalue weighted by molar-refractivity contribution is 5.75. The van der Waals surface area contributed by atoms with E-state index in [0.29, 0.717) is 0 Å². The van der Waals surface area contributed by atoms with Crippen LogP contribution < -0.4 is 0 Å². The van der Waals surface area contributed by atoms with Gasteiger partial charge in [-0.15, -0.1) is 0 Å². The molecule has 4 nitrogen and oxygen atoms in total. The minimum Gasteiger partial charge on any atom is -0.508 e. The van der Waals surface area contributed by atoms with Gasteiger partial charge < -0.3 is 9.84 Å². The molecule has 2 rings (SSSR count). The zero-order valence-corrected chi connectivity index (χ0v) is 10.6. The molecule has 0 spiro atoms. The normalized spacial score (nSPS) is 20.6. The molecular weight excluding hydrogens is 230 g/mol. The first-order valence-electron chi connectivity index (χ1n) is 6.30. The molecule has 1 aromatic carbocycles. The lowest BCUT2D eigenvalue weighted by molar-refractivity contribution is -0.148. The van der Waals surface area contributed by atoms with E-state index < -0.39 is 0 Å². The summed E-state index contributed by atoms with van der Waals surface area (Å²) in [6, 6.07) is 6.99. The summed E-state index contributed by atoms with van der Waals surface area (Å²) >= 11 is 0. The molecule has 18 heavy (non-hydrogen) atoms. The molecule has 0 bridgehead atoms. The minimum absolute atomic E-state index is 0.127. The highest BCUT2D eigenvalue weighted by Gasteiger charge is 2.29. The van der Waals surface area contributed by atoms with Crippen molar-refractivity contribution in [3.63, 3.8) is 0 Å². The van der Waals surface area contributed by atoms with Crippen molar-refractivity contribution in [2.24, 2.45) is 0 Å². The Balaban J connectivity index is 2.05. The molecule has 0 amide bonds. The molecule has 98 valence electrons. The fraction of sp³-hybridized carbons (Fsp3) is 0.500. The molecule has 0 saturated carbocycles. The smallest absolute Gasteiger partial charge is 0.323 e. The van der Waals surface area contributed by atoms with E-state index in [1.165, 1.54) is 7.11 Å². The zero-order valence-electron chi connectivity index (χ0n) is 10.6. The third-order valence-electron chi connectivity index (χ3n) is 3.41. The maximum Gasteiger partial charge on any atom is 0.323 e. The molecule has 1 atom stereocenters. The quantitative estimate of drug-likeness (QED) is 0.831. The molecule has 0 radical (unpaired) electrons. The van der Waals surface area contributed by atoms with Crippen LogP contribution in [0.25, 0.3) is 0 Å². The SMILES string of the molecule is COC(=O)[C@H]1CCCCN1Cc1ccc(O)cc1. The van der Waals surface area contributed by atoms with E-state index in [-0.39, 0.29) is 17.8 Å². The van der Waals surface area contributed by atoms with Crippen LogP contribution in [-0.2, 0) is 16.1 Å². The number of ether oxygens (including phenoxy) is 1. The first-order chi connectivity index (χ1) is 8.70. The Morgan fingerprint density at radius 2 is 2.11 bits per heavy atom. The third-order valence-corrected chi connectivity index (χ3v) is 3.41. The van der Waals surface area contributed by atoms with Crippen LogP contribution in [0.4, 0.5) is 0 Å². The predicted octanol–water partition coefficient (Wildman–Crippen LogP) is 1.92. The van der Waals surface area contributed by atoms with Gasteiger partial charge >= 0.3 is 5.97 Å². The second kappa shape index (κ2) is 5.87.